The number of unbranched alkanes of at least 4 members (excludes halogenated alkanes) is 1. The van der Waals surface area contributed by atoms with Crippen LogP contribution in [0.15, 0.2) is 77.6 Å². The minimum absolute atomic E-state index is 0.286. The number of allylic oxidation sites excluding steroid dienone is 7. The van der Waals surface area contributed by atoms with E-state index in [0.717, 1.165) is 76.1 Å². The lowest BCUT2D eigenvalue weighted by Gasteiger charge is -2.38. The number of hydrogen-bond acceptors (Lipinski definition) is 5. The Kier molecular flexibility index (Phi) is 17.0. The molecule has 3 heterocycles. The molecule has 0 bridgehead atoms. The Morgan fingerprint density at radius 3 is 2.37 bits per heavy atom. The van der Waals surface area contributed by atoms with Crippen LogP contribution >= 0.6 is 10.5 Å². The molecular weight excluding hydrogens is 643 g/mol. The second-order valence-electron chi connectivity index (χ2n) is 14.5. The SMILES string of the molecule is C=CC1=C(/C(=C\NC)c2cc(CC)c(CN3CCN(CCC4CCN(/C(C=C)=C/C([B]C)=C(\C)CC)CC4)CC3)c(OC)c2)C=S(CCCC)C1. The van der Waals surface area contributed by atoms with Crippen LogP contribution in [-0.2, 0) is 13.0 Å². The van der Waals surface area contributed by atoms with Crippen molar-refractivity contribution in [3.63, 3.8) is 0 Å². The molecular formula is C44H68BN4OS. The molecule has 279 valence electrons. The molecule has 0 saturated carbocycles. The monoisotopic (exact) mass is 712 g/mol. The van der Waals surface area contributed by atoms with Crippen molar-refractivity contribution >= 4 is 28.7 Å². The lowest BCUT2D eigenvalue weighted by atomic mass is 9.69. The molecule has 1 unspecified atom stereocenters. The first-order valence-electron chi connectivity index (χ1n) is 19.8. The van der Waals surface area contributed by atoms with Crippen molar-refractivity contribution in [1.82, 2.24) is 20.0 Å². The van der Waals surface area contributed by atoms with E-state index in [2.05, 4.69) is 111 Å². The third-order valence-electron chi connectivity index (χ3n) is 11.3. The number of aryl methyl sites for hydroxylation is 1. The van der Waals surface area contributed by atoms with Gasteiger partial charge in [-0.3, -0.25) is 4.90 Å². The van der Waals surface area contributed by atoms with Crippen LogP contribution in [0.4, 0.5) is 0 Å². The van der Waals surface area contributed by atoms with Crippen LogP contribution in [-0.4, -0.2) is 98.8 Å². The van der Waals surface area contributed by atoms with Crippen molar-refractivity contribution < 1.29 is 4.74 Å². The first-order valence-corrected chi connectivity index (χ1v) is 21.4. The van der Waals surface area contributed by atoms with Gasteiger partial charge < -0.3 is 19.9 Å². The van der Waals surface area contributed by atoms with Crippen LogP contribution in [0.1, 0.15) is 82.9 Å². The number of methoxy groups -OCH3 is 1. The molecule has 0 amide bonds. The number of nitrogens with zero attached hydrogens (tertiary/aromatic N) is 3. The second kappa shape index (κ2) is 21.1. The van der Waals surface area contributed by atoms with Gasteiger partial charge in [0, 0.05) is 81.6 Å². The molecule has 1 atom stereocenters. The van der Waals surface area contributed by atoms with E-state index in [4.69, 9.17) is 4.74 Å². The topological polar surface area (TPSA) is 31.0 Å². The second-order valence-corrected chi connectivity index (χ2v) is 16.5. The van der Waals surface area contributed by atoms with E-state index in [-0.39, 0.29) is 10.5 Å². The van der Waals surface area contributed by atoms with E-state index in [1.807, 2.05) is 20.2 Å². The van der Waals surface area contributed by atoms with E-state index < -0.39 is 0 Å². The van der Waals surface area contributed by atoms with Crippen molar-refractivity contribution in [3.05, 3.63) is 94.3 Å². The van der Waals surface area contributed by atoms with Crippen molar-refractivity contribution in [2.75, 3.05) is 71.5 Å². The summed E-state index contributed by atoms with van der Waals surface area (Å²) in [5.74, 6) is 4.21. The summed E-state index contributed by atoms with van der Waals surface area (Å²) in [7, 11) is 6.36. The number of nitrogens with one attached hydrogen (secondary N) is 1. The standard InChI is InChI=1S/C44H68BN4OS/c1-10-15-26-51-32-37(13-4)42(33-51)40(30-46-8)38-27-36(12-3)41(44(28-38)50-9)31-48-24-22-47(23-25-48)19-16-35-17-20-49(21-18-35)39(14-5)29-43(45-7)34(6)11-2/h13-14,27-30,33,35,46H,4-5,10-12,15-26,31-32H2,1-3,6-9H3/b39-29+,40-30-,43-34-. The Morgan fingerprint density at radius 1 is 1.06 bits per heavy atom. The number of ether oxygens (including phenoxy) is 1. The van der Waals surface area contributed by atoms with Crippen molar-refractivity contribution in [2.24, 2.45) is 5.92 Å². The molecule has 3 aliphatic heterocycles. The fraction of sp³-hybridized carbons (Fsp3) is 0.568. The lowest BCUT2D eigenvalue weighted by Crippen LogP contribution is -2.46. The Bertz CT molecular complexity index is 1460. The smallest absolute Gasteiger partial charge is 0.148 e. The molecule has 5 nitrogen and oxygen atoms in total. The van der Waals surface area contributed by atoms with E-state index in [9.17, 15) is 0 Å². The molecule has 1 aromatic carbocycles. The van der Waals surface area contributed by atoms with Crippen molar-refractivity contribution in [1.29, 1.82) is 0 Å². The van der Waals surface area contributed by atoms with Crippen LogP contribution in [0.5, 0.6) is 5.75 Å². The highest BCUT2D eigenvalue weighted by Gasteiger charge is 2.25. The Labute approximate surface area is 315 Å². The van der Waals surface area contributed by atoms with Crippen LogP contribution in [0.3, 0.4) is 0 Å². The summed E-state index contributed by atoms with van der Waals surface area (Å²) < 4.78 is 6.14. The van der Waals surface area contributed by atoms with Crippen LogP contribution in [0, 0.1) is 5.92 Å². The highest BCUT2D eigenvalue weighted by molar-refractivity contribution is 8.15. The first-order chi connectivity index (χ1) is 24.8. The van der Waals surface area contributed by atoms with Gasteiger partial charge in [-0.1, -0.05) is 70.4 Å². The fourth-order valence-corrected chi connectivity index (χ4v) is 10.0. The zero-order valence-electron chi connectivity index (χ0n) is 33.3. The first kappa shape index (κ1) is 41.0. The molecule has 51 heavy (non-hydrogen) atoms. The lowest BCUT2D eigenvalue weighted by molar-refractivity contribution is 0.114. The summed E-state index contributed by atoms with van der Waals surface area (Å²) in [5, 5.41) is 5.87. The number of piperazine rings is 1. The molecule has 1 radical (unpaired) electrons. The fourth-order valence-electron chi connectivity index (χ4n) is 7.76. The predicted molar refractivity (Wildman–Crippen MR) is 228 cm³/mol. The summed E-state index contributed by atoms with van der Waals surface area (Å²) in [6, 6.07) is 4.70. The molecule has 0 aliphatic carbocycles. The highest BCUT2D eigenvalue weighted by Crippen LogP contribution is 2.38. The summed E-state index contributed by atoms with van der Waals surface area (Å²) in [6.45, 7) is 28.5. The number of benzene rings is 1. The highest BCUT2D eigenvalue weighted by atomic mass is 32.2. The van der Waals surface area contributed by atoms with E-state index in [0.29, 0.717) is 0 Å². The van der Waals surface area contributed by atoms with Gasteiger partial charge in [0.05, 0.1) is 7.11 Å². The summed E-state index contributed by atoms with van der Waals surface area (Å²) in [6.07, 6.45) is 17.1. The molecule has 4 rings (SSSR count). The Hall–Kier alpha value is -2.74. The van der Waals surface area contributed by atoms with Gasteiger partial charge in [-0.2, -0.15) is 10.5 Å². The third-order valence-corrected chi connectivity index (χ3v) is 13.4. The maximum atomic E-state index is 6.14. The average molecular weight is 712 g/mol. The van der Waals surface area contributed by atoms with Gasteiger partial charge in [0.1, 0.15) is 13.0 Å². The van der Waals surface area contributed by atoms with Gasteiger partial charge >= 0.3 is 0 Å². The average Bonchev–Trinajstić information content (AvgIpc) is 3.59. The summed E-state index contributed by atoms with van der Waals surface area (Å²) in [5.41, 5.74) is 12.0. The quantitative estimate of drug-likeness (QED) is 0.0881. The van der Waals surface area contributed by atoms with Gasteiger partial charge in [0.2, 0.25) is 0 Å². The van der Waals surface area contributed by atoms with E-state index in [1.165, 1.54) is 94.6 Å². The van der Waals surface area contributed by atoms with E-state index >= 15 is 0 Å². The number of rotatable bonds is 19. The van der Waals surface area contributed by atoms with E-state index in [1.54, 1.807) is 0 Å². The predicted octanol–water partition coefficient (Wildman–Crippen LogP) is 8.91. The zero-order valence-corrected chi connectivity index (χ0v) is 34.1. The number of likely N-dealkylation sites (tertiary alicyclic amines) is 1. The van der Waals surface area contributed by atoms with Crippen molar-refractivity contribution in [3.8, 4) is 5.75 Å². The molecule has 0 aromatic heterocycles. The largest absolute Gasteiger partial charge is 0.496 e. The van der Waals surface area contributed by atoms with Gasteiger partial charge in [0.25, 0.3) is 0 Å². The van der Waals surface area contributed by atoms with Gasteiger partial charge in [0.15, 0.2) is 0 Å². The van der Waals surface area contributed by atoms with Gasteiger partial charge in [-0.15, -0.1) is 0 Å². The molecule has 1 N–H and O–H groups in total. The summed E-state index contributed by atoms with van der Waals surface area (Å²) in [4.78, 5) is 7.89. The molecule has 0 spiro atoms. The van der Waals surface area contributed by atoms with Crippen molar-refractivity contribution in [2.45, 2.75) is 86.0 Å². The minimum Gasteiger partial charge on any atom is -0.496 e. The Balaban J connectivity index is 1.34. The normalized spacial score (nSPS) is 20.3. The third kappa shape index (κ3) is 11.1. The number of hydrogen-bond donors (Lipinski definition) is 1. The van der Waals surface area contributed by atoms with Crippen LogP contribution < -0.4 is 10.1 Å². The molecule has 3 aliphatic rings. The molecule has 7 heteroatoms. The van der Waals surface area contributed by atoms with Gasteiger partial charge in [-0.25, -0.2) is 0 Å². The summed E-state index contributed by atoms with van der Waals surface area (Å²) >= 11 is 0. The Morgan fingerprint density at radius 2 is 1.78 bits per heavy atom. The van der Waals surface area contributed by atoms with Crippen LogP contribution in [0.2, 0.25) is 6.82 Å². The zero-order chi connectivity index (χ0) is 36.8. The minimum atomic E-state index is 0.286. The maximum absolute atomic E-state index is 6.14. The molecule has 2 saturated heterocycles. The van der Waals surface area contributed by atoms with Gasteiger partial charge in [-0.05, 0) is 110 Å². The molecule has 2 fully saturated rings. The van der Waals surface area contributed by atoms with Crippen LogP contribution in [0.25, 0.3) is 5.57 Å². The maximum Gasteiger partial charge on any atom is 0.148 e. The molecule has 1 aromatic rings. The number of piperidine rings is 1.